The lowest BCUT2D eigenvalue weighted by molar-refractivity contribution is 0.169. The molecule has 1 aliphatic heterocycles. The molecule has 0 radical (unpaired) electrons. The normalized spacial score (nSPS) is 53.1. The maximum Gasteiger partial charge on any atom is -0.00114 e. The van der Waals surface area contributed by atoms with Gasteiger partial charge in [-0.25, -0.2) is 0 Å². The summed E-state index contributed by atoms with van der Waals surface area (Å²) in [6.45, 7) is 2.58. The Labute approximate surface area is 67.9 Å². The van der Waals surface area contributed by atoms with Crippen LogP contribution < -0.4 is 5.32 Å². The molecule has 4 atom stereocenters. The zero-order valence-electron chi connectivity index (χ0n) is 6.79. The first-order chi connectivity index (χ1) is 5.45. The second-order valence-corrected chi connectivity index (χ2v) is 4.28. The summed E-state index contributed by atoms with van der Waals surface area (Å²) in [5.74, 6) is 3.86. The zero-order chi connectivity index (χ0) is 7.26. The van der Waals surface area contributed by atoms with Crippen molar-refractivity contribution in [2.75, 3.05) is 13.1 Å². The van der Waals surface area contributed by atoms with Crippen molar-refractivity contribution in [2.45, 2.75) is 12.8 Å². The molecular formula is C10H15N. The van der Waals surface area contributed by atoms with Crippen LogP contribution in [0.15, 0.2) is 12.2 Å². The minimum atomic E-state index is 0.931. The van der Waals surface area contributed by atoms with Gasteiger partial charge in [0.15, 0.2) is 0 Å². The molecule has 0 aromatic heterocycles. The maximum atomic E-state index is 3.53. The summed E-state index contributed by atoms with van der Waals surface area (Å²) in [7, 11) is 0. The fraction of sp³-hybridized carbons (Fsp3) is 0.800. The van der Waals surface area contributed by atoms with E-state index < -0.39 is 0 Å². The Morgan fingerprint density at radius 2 is 1.45 bits per heavy atom. The van der Waals surface area contributed by atoms with Crippen molar-refractivity contribution in [3.63, 3.8) is 0 Å². The fourth-order valence-electron chi connectivity index (χ4n) is 3.23. The van der Waals surface area contributed by atoms with Gasteiger partial charge in [0, 0.05) is 0 Å². The molecular weight excluding hydrogens is 134 g/mol. The van der Waals surface area contributed by atoms with Gasteiger partial charge in [-0.05, 0) is 49.6 Å². The molecule has 0 aromatic rings. The molecule has 1 heteroatoms. The van der Waals surface area contributed by atoms with Crippen molar-refractivity contribution in [3.05, 3.63) is 12.2 Å². The van der Waals surface area contributed by atoms with Crippen molar-refractivity contribution in [2.24, 2.45) is 23.7 Å². The third-order valence-corrected chi connectivity index (χ3v) is 3.85. The lowest BCUT2D eigenvalue weighted by atomic mass is 9.64. The van der Waals surface area contributed by atoms with E-state index in [0.717, 1.165) is 23.7 Å². The van der Waals surface area contributed by atoms with Crippen LogP contribution in [-0.2, 0) is 0 Å². The molecule has 1 nitrogen and oxygen atoms in total. The van der Waals surface area contributed by atoms with Crippen LogP contribution in [-0.4, -0.2) is 13.1 Å². The second kappa shape index (κ2) is 2.10. The first kappa shape index (κ1) is 6.24. The molecule has 2 fully saturated rings. The largest absolute Gasteiger partial charge is 0.316 e. The van der Waals surface area contributed by atoms with Gasteiger partial charge in [-0.2, -0.15) is 0 Å². The van der Waals surface area contributed by atoms with E-state index in [1.54, 1.807) is 0 Å². The van der Waals surface area contributed by atoms with Gasteiger partial charge < -0.3 is 5.32 Å². The van der Waals surface area contributed by atoms with Crippen LogP contribution in [0.25, 0.3) is 0 Å². The van der Waals surface area contributed by atoms with Crippen molar-refractivity contribution in [1.82, 2.24) is 5.32 Å². The van der Waals surface area contributed by atoms with E-state index >= 15 is 0 Å². The SMILES string of the molecule is C1=C[C@H]2CC[C@@H]1C1CNCC12. The third kappa shape index (κ3) is 0.750. The van der Waals surface area contributed by atoms with Crippen LogP contribution >= 0.6 is 0 Å². The summed E-state index contributed by atoms with van der Waals surface area (Å²) in [5, 5.41) is 3.53. The molecule has 2 unspecified atom stereocenters. The van der Waals surface area contributed by atoms with Crippen molar-refractivity contribution >= 4 is 0 Å². The average molecular weight is 149 g/mol. The molecule has 4 aliphatic rings. The summed E-state index contributed by atoms with van der Waals surface area (Å²) < 4.78 is 0. The lowest BCUT2D eigenvalue weighted by Crippen LogP contribution is -2.35. The molecule has 1 saturated carbocycles. The highest BCUT2D eigenvalue weighted by molar-refractivity contribution is 5.12. The van der Waals surface area contributed by atoms with E-state index in [0.29, 0.717) is 0 Å². The van der Waals surface area contributed by atoms with Crippen LogP contribution in [0.2, 0.25) is 0 Å². The highest BCUT2D eigenvalue weighted by Crippen LogP contribution is 2.45. The van der Waals surface area contributed by atoms with E-state index in [2.05, 4.69) is 17.5 Å². The smallest absolute Gasteiger partial charge is 0.00114 e. The number of rotatable bonds is 0. The van der Waals surface area contributed by atoms with E-state index in [-0.39, 0.29) is 0 Å². The molecule has 1 saturated heterocycles. The van der Waals surface area contributed by atoms with Crippen molar-refractivity contribution in [1.29, 1.82) is 0 Å². The first-order valence-electron chi connectivity index (χ1n) is 4.84. The molecule has 11 heavy (non-hydrogen) atoms. The second-order valence-electron chi connectivity index (χ2n) is 4.28. The molecule has 3 aliphatic carbocycles. The van der Waals surface area contributed by atoms with Crippen LogP contribution in [0.3, 0.4) is 0 Å². The Balaban J connectivity index is 1.97. The molecule has 0 amide bonds. The first-order valence-corrected chi connectivity index (χ1v) is 4.84. The Bertz CT molecular complexity index is 177. The number of hydrogen-bond acceptors (Lipinski definition) is 1. The molecule has 1 heterocycles. The standard InChI is InChI=1S/C10H15N/c1-2-8-4-3-7(1)9-5-11-6-10(8)9/h1-2,7-11H,3-6H2/t7-,8+,9?,10?. The van der Waals surface area contributed by atoms with Crippen LogP contribution in [0.5, 0.6) is 0 Å². The Morgan fingerprint density at radius 3 is 1.91 bits per heavy atom. The van der Waals surface area contributed by atoms with Gasteiger partial charge in [-0.15, -0.1) is 0 Å². The summed E-state index contributed by atoms with van der Waals surface area (Å²) in [6, 6.07) is 0. The van der Waals surface area contributed by atoms with E-state index in [1.807, 2.05) is 0 Å². The minimum Gasteiger partial charge on any atom is -0.316 e. The molecule has 60 valence electrons. The van der Waals surface area contributed by atoms with E-state index in [1.165, 1.54) is 25.9 Å². The van der Waals surface area contributed by atoms with Gasteiger partial charge in [0.05, 0.1) is 0 Å². The predicted molar refractivity (Wildman–Crippen MR) is 45.2 cm³/mol. The number of nitrogens with one attached hydrogen (secondary N) is 1. The number of fused-ring (bicyclic) bond motifs is 1. The maximum absolute atomic E-state index is 3.53. The Hall–Kier alpha value is -0.300. The van der Waals surface area contributed by atoms with E-state index in [9.17, 15) is 0 Å². The molecule has 0 spiro atoms. The van der Waals surface area contributed by atoms with Gasteiger partial charge in [0.2, 0.25) is 0 Å². The van der Waals surface area contributed by atoms with E-state index in [4.69, 9.17) is 0 Å². The molecule has 4 rings (SSSR count). The van der Waals surface area contributed by atoms with Gasteiger partial charge in [-0.3, -0.25) is 0 Å². The van der Waals surface area contributed by atoms with Crippen LogP contribution in [0.1, 0.15) is 12.8 Å². The fourth-order valence-corrected chi connectivity index (χ4v) is 3.23. The van der Waals surface area contributed by atoms with Crippen molar-refractivity contribution in [3.8, 4) is 0 Å². The van der Waals surface area contributed by atoms with Gasteiger partial charge in [0.1, 0.15) is 0 Å². The lowest BCUT2D eigenvalue weighted by Gasteiger charge is -2.40. The minimum absolute atomic E-state index is 0.931. The summed E-state index contributed by atoms with van der Waals surface area (Å²) in [6.07, 6.45) is 7.87. The number of allylic oxidation sites excluding steroid dienone is 2. The summed E-state index contributed by atoms with van der Waals surface area (Å²) >= 11 is 0. The third-order valence-electron chi connectivity index (χ3n) is 3.85. The van der Waals surface area contributed by atoms with Gasteiger partial charge in [-0.1, -0.05) is 12.2 Å². The quantitative estimate of drug-likeness (QED) is 0.514. The van der Waals surface area contributed by atoms with Gasteiger partial charge in [0.25, 0.3) is 0 Å². The van der Waals surface area contributed by atoms with Crippen LogP contribution in [0, 0.1) is 23.7 Å². The monoisotopic (exact) mass is 149 g/mol. The summed E-state index contributed by atoms with van der Waals surface area (Å²) in [5.41, 5.74) is 0. The zero-order valence-corrected chi connectivity index (χ0v) is 6.79. The van der Waals surface area contributed by atoms with Crippen molar-refractivity contribution < 1.29 is 0 Å². The van der Waals surface area contributed by atoms with Gasteiger partial charge >= 0.3 is 0 Å². The van der Waals surface area contributed by atoms with Crippen LogP contribution in [0.4, 0.5) is 0 Å². The average Bonchev–Trinajstić information content (AvgIpc) is 2.55. The summed E-state index contributed by atoms with van der Waals surface area (Å²) in [4.78, 5) is 0. The Kier molecular flexibility index (Phi) is 1.19. The highest BCUT2D eigenvalue weighted by Gasteiger charge is 2.42. The molecule has 2 bridgehead atoms. The number of hydrogen-bond donors (Lipinski definition) is 1. The Morgan fingerprint density at radius 1 is 0.909 bits per heavy atom. The molecule has 1 N–H and O–H groups in total. The predicted octanol–water partition coefficient (Wildman–Crippen LogP) is 1.42. The highest BCUT2D eigenvalue weighted by atomic mass is 14.9. The topological polar surface area (TPSA) is 12.0 Å². The molecule has 0 aromatic carbocycles.